The quantitative estimate of drug-likeness (QED) is 0.576. The Bertz CT molecular complexity index is 455. The number of nitrogens with zero attached hydrogens (tertiary/aromatic N) is 2. The van der Waals surface area contributed by atoms with E-state index in [9.17, 15) is 9.59 Å². The first-order chi connectivity index (χ1) is 12.1. The lowest BCUT2D eigenvalue weighted by molar-refractivity contribution is -0.153. The Morgan fingerprint density at radius 1 is 1.16 bits per heavy atom. The Kier molecular flexibility index (Phi) is 17.5. The molecule has 0 bridgehead atoms. The van der Waals surface area contributed by atoms with Crippen LogP contribution in [0.25, 0.3) is 0 Å². The summed E-state index contributed by atoms with van der Waals surface area (Å²) in [7, 11) is 4.59. The molecule has 0 atom stereocenters. The van der Waals surface area contributed by atoms with Gasteiger partial charge < -0.3 is 9.64 Å². The van der Waals surface area contributed by atoms with E-state index in [0.29, 0.717) is 13.0 Å². The minimum Gasteiger partial charge on any atom is -0.497 e. The molecule has 2 rings (SSSR count). The maximum atomic E-state index is 11.4. The fourth-order valence-corrected chi connectivity index (χ4v) is 2.39. The van der Waals surface area contributed by atoms with Crippen molar-refractivity contribution in [3.8, 4) is 5.75 Å². The van der Waals surface area contributed by atoms with Crippen LogP contribution in [0.1, 0.15) is 33.3 Å². The Balaban J connectivity index is 0. The number of hydrogen-bond donors (Lipinski definition) is 0. The number of carbonyl (C=O) groups excluding carboxylic acids is 2. The molecule has 144 valence electrons. The number of rotatable bonds is 5. The van der Waals surface area contributed by atoms with Crippen LogP contribution in [0.2, 0.25) is 0 Å². The minimum absolute atomic E-state index is 0.186. The standard InChI is InChI=1S/C11H13NO2S.C3H7NO2.2C2H6/c1-14-10-4-2-9(3-5-10)8-12-6-7-15-11(12)13;1-4(3-5)6-2;2*1-2/h2-5H,6-8H2,1H3;3H,1-2H3;2*1-2H3. The van der Waals surface area contributed by atoms with Crippen molar-refractivity contribution in [1.29, 1.82) is 0 Å². The Morgan fingerprint density at radius 2 is 1.72 bits per heavy atom. The van der Waals surface area contributed by atoms with Gasteiger partial charge >= 0.3 is 0 Å². The molecule has 2 amide bonds. The highest BCUT2D eigenvalue weighted by Crippen LogP contribution is 2.20. The van der Waals surface area contributed by atoms with E-state index in [-0.39, 0.29) is 5.24 Å². The van der Waals surface area contributed by atoms with Gasteiger partial charge in [0.05, 0.1) is 14.2 Å². The monoisotopic (exact) mass is 372 g/mol. The summed E-state index contributed by atoms with van der Waals surface area (Å²) in [5, 5.41) is 1.26. The number of hydrogen-bond acceptors (Lipinski definition) is 5. The van der Waals surface area contributed by atoms with Crippen LogP contribution in [-0.4, -0.2) is 55.2 Å². The van der Waals surface area contributed by atoms with Crippen molar-refractivity contribution in [2.45, 2.75) is 34.2 Å². The number of carbonyl (C=O) groups is 2. The summed E-state index contributed by atoms with van der Waals surface area (Å²) in [6.45, 7) is 9.56. The highest BCUT2D eigenvalue weighted by atomic mass is 32.2. The largest absolute Gasteiger partial charge is 0.497 e. The highest BCUT2D eigenvalue weighted by Gasteiger charge is 2.20. The smallest absolute Gasteiger partial charge is 0.282 e. The van der Waals surface area contributed by atoms with Gasteiger partial charge in [-0.3, -0.25) is 14.4 Å². The predicted octanol–water partition coefficient (Wildman–Crippen LogP) is 4.05. The number of hydroxylamine groups is 2. The summed E-state index contributed by atoms with van der Waals surface area (Å²) in [5.41, 5.74) is 1.15. The van der Waals surface area contributed by atoms with Gasteiger partial charge in [-0.1, -0.05) is 51.6 Å². The Morgan fingerprint density at radius 3 is 2.04 bits per heavy atom. The van der Waals surface area contributed by atoms with Crippen molar-refractivity contribution >= 4 is 23.4 Å². The molecular weight excluding hydrogens is 340 g/mol. The highest BCUT2D eigenvalue weighted by molar-refractivity contribution is 8.13. The van der Waals surface area contributed by atoms with Crippen LogP contribution < -0.4 is 4.74 Å². The van der Waals surface area contributed by atoms with E-state index in [1.54, 1.807) is 7.11 Å². The van der Waals surface area contributed by atoms with Crippen LogP contribution in [0, 0.1) is 0 Å². The molecular formula is C18H32N2O4S. The summed E-state index contributed by atoms with van der Waals surface area (Å²) in [4.78, 5) is 27.1. The van der Waals surface area contributed by atoms with Gasteiger partial charge in [-0.2, -0.15) is 0 Å². The van der Waals surface area contributed by atoms with Crippen LogP contribution in [0.5, 0.6) is 5.75 Å². The van der Waals surface area contributed by atoms with Crippen molar-refractivity contribution in [3.05, 3.63) is 29.8 Å². The van der Waals surface area contributed by atoms with Crippen molar-refractivity contribution in [3.63, 3.8) is 0 Å². The maximum Gasteiger partial charge on any atom is 0.282 e. The average molecular weight is 373 g/mol. The molecule has 25 heavy (non-hydrogen) atoms. The second-order valence-electron chi connectivity index (χ2n) is 4.22. The fourth-order valence-electron chi connectivity index (χ4n) is 1.56. The van der Waals surface area contributed by atoms with E-state index >= 15 is 0 Å². The van der Waals surface area contributed by atoms with Gasteiger partial charge in [0.25, 0.3) is 5.24 Å². The first kappa shape index (κ1) is 25.5. The van der Waals surface area contributed by atoms with Crippen molar-refractivity contribution in [2.24, 2.45) is 0 Å². The van der Waals surface area contributed by atoms with Gasteiger partial charge in [-0.25, -0.2) is 5.06 Å². The third-order valence-electron chi connectivity index (χ3n) is 2.81. The first-order valence-corrected chi connectivity index (χ1v) is 9.36. The van der Waals surface area contributed by atoms with E-state index in [4.69, 9.17) is 4.74 Å². The molecule has 6 nitrogen and oxygen atoms in total. The van der Waals surface area contributed by atoms with Crippen LogP contribution in [0.3, 0.4) is 0 Å². The molecule has 0 spiro atoms. The molecule has 1 aromatic carbocycles. The predicted molar refractivity (Wildman–Crippen MR) is 105 cm³/mol. The lowest BCUT2D eigenvalue weighted by Crippen LogP contribution is -2.22. The molecule has 1 aliphatic heterocycles. The molecule has 1 aromatic rings. The molecule has 0 aromatic heterocycles. The van der Waals surface area contributed by atoms with Gasteiger partial charge in [-0.15, -0.1) is 0 Å². The summed E-state index contributed by atoms with van der Waals surface area (Å²) < 4.78 is 5.08. The van der Waals surface area contributed by atoms with Crippen molar-refractivity contribution < 1.29 is 19.2 Å². The first-order valence-electron chi connectivity index (χ1n) is 8.37. The van der Waals surface area contributed by atoms with E-state index in [1.165, 1.54) is 25.9 Å². The van der Waals surface area contributed by atoms with Crippen LogP contribution in [0.4, 0.5) is 4.79 Å². The van der Waals surface area contributed by atoms with Crippen LogP contribution in [-0.2, 0) is 16.2 Å². The van der Waals surface area contributed by atoms with Gasteiger partial charge in [0.2, 0.25) is 6.41 Å². The molecule has 0 N–H and O–H groups in total. The number of ether oxygens (including phenoxy) is 1. The van der Waals surface area contributed by atoms with E-state index in [0.717, 1.165) is 28.7 Å². The molecule has 1 fully saturated rings. The zero-order valence-corrected chi connectivity index (χ0v) is 17.3. The number of thioether (sulfide) groups is 1. The molecule has 7 heteroatoms. The summed E-state index contributed by atoms with van der Waals surface area (Å²) in [6.07, 6.45) is 0.583. The topological polar surface area (TPSA) is 59.1 Å². The lowest BCUT2D eigenvalue weighted by Gasteiger charge is -2.14. The maximum absolute atomic E-state index is 11.4. The third kappa shape index (κ3) is 11.4. The summed E-state index contributed by atoms with van der Waals surface area (Å²) >= 11 is 1.39. The molecule has 1 saturated heterocycles. The normalized spacial score (nSPS) is 11.8. The Hall–Kier alpha value is -1.73. The zero-order valence-electron chi connectivity index (χ0n) is 16.4. The van der Waals surface area contributed by atoms with Gasteiger partial charge in [0.1, 0.15) is 5.75 Å². The number of amides is 2. The van der Waals surface area contributed by atoms with E-state index in [1.807, 2.05) is 56.9 Å². The summed E-state index contributed by atoms with van der Waals surface area (Å²) in [6, 6.07) is 7.83. The van der Waals surface area contributed by atoms with Gasteiger partial charge in [0, 0.05) is 25.9 Å². The lowest BCUT2D eigenvalue weighted by atomic mass is 10.2. The van der Waals surface area contributed by atoms with Gasteiger partial charge in [-0.05, 0) is 17.7 Å². The van der Waals surface area contributed by atoms with Crippen molar-refractivity contribution in [1.82, 2.24) is 9.96 Å². The van der Waals surface area contributed by atoms with Crippen LogP contribution in [0.15, 0.2) is 24.3 Å². The molecule has 1 aliphatic rings. The average Bonchev–Trinajstić information content (AvgIpc) is 3.10. The summed E-state index contributed by atoms with van der Waals surface area (Å²) in [5.74, 6) is 1.76. The molecule has 0 saturated carbocycles. The fraction of sp³-hybridized carbons (Fsp3) is 0.556. The van der Waals surface area contributed by atoms with E-state index < -0.39 is 0 Å². The molecule has 0 aliphatic carbocycles. The minimum atomic E-state index is 0.186. The third-order valence-corrected chi connectivity index (χ3v) is 3.71. The van der Waals surface area contributed by atoms with E-state index in [2.05, 4.69) is 4.84 Å². The number of methoxy groups -OCH3 is 1. The zero-order chi connectivity index (χ0) is 19.7. The molecule has 0 unspecified atom stereocenters. The molecule has 1 heterocycles. The SMILES string of the molecule is CC.CC.CON(C)C=O.COc1ccc(CN2CCSC2=O)cc1. The van der Waals surface area contributed by atoms with Crippen LogP contribution >= 0.6 is 11.8 Å². The van der Waals surface area contributed by atoms with Gasteiger partial charge in [0.15, 0.2) is 0 Å². The number of benzene rings is 1. The molecule has 0 radical (unpaired) electrons. The van der Waals surface area contributed by atoms with Crippen molar-refractivity contribution in [2.75, 3.05) is 33.6 Å². The second kappa shape index (κ2) is 17.1. The second-order valence-corrected chi connectivity index (χ2v) is 5.26. The Labute approximate surface area is 156 Å².